The van der Waals surface area contributed by atoms with Crippen LogP contribution in [0.15, 0.2) is 88.0 Å². The standard InChI is InChI=1S/C13H21NO3.C12H12N2O2S.C6H8O6/c1-13(2,3)14-7-12(17)9-4-5-11(16)10(6-9)8-15;13-9-1-5-11(6-2-9)17(15,16)12-7-3-10(14)4-8-12;7-1-2(8)5-3(9)4(10)6(11)12-5/h4-6,12,14-17H,7-8H2,1-3H3;1-8H,13-14H2;2,5,7-10H,1H2/t;;2-,5+/m..0/s1. The molecule has 12 N–H and O–H groups in total. The van der Waals surface area contributed by atoms with Crippen LogP contribution in [0.1, 0.15) is 38.0 Å². The van der Waals surface area contributed by atoms with Crippen molar-refractivity contribution in [1.29, 1.82) is 0 Å². The van der Waals surface area contributed by atoms with Crippen molar-refractivity contribution in [3.05, 3.63) is 89.4 Å². The van der Waals surface area contributed by atoms with Crippen LogP contribution < -0.4 is 16.8 Å². The fraction of sp³-hybridized carbons (Fsp3) is 0.323. The summed E-state index contributed by atoms with van der Waals surface area (Å²) in [4.78, 5) is 11.0. The molecule has 1 aliphatic heterocycles. The molecule has 46 heavy (non-hydrogen) atoms. The molecule has 252 valence electrons. The van der Waals surface area contributed by atoms with Crippen molar-refractivity contribution in [1.82, 2.24) is 5.32 Å². The summed E-state index contributed by atoms with van der Waals surface area (Å²) in [6.45, 7) is 5.59. The van der Waals surface area contributed by atoms with E-state index in [1.165, 1.54) is 30.3 Å². The van der Waals surface area contributed by atoms with Crippen LogP contribution in [0, 0.1) is 0 Å². The highest BCUT2D eigenvalue weighted by Gasteiger charge is 2.38. The Morgan fingerprint density at radius 3 is 1.76 bits per heavy atom. The van der Waals surface area contributed by atoms with Gasteiger partial charge in [-0.05, 0) is 87.0 Å². The van der Waals surface area contributed by atoms with Crippen molar-refractivity contribution < 1.29 is 53.7 Å². The number of β-amino-alcohol motifs (C(OH)–C–C–N with tert-alkyl or cyclic N) is 1. The van der Waals surface area contributed by atoms with E-state index in [4.69, 9.17) is 37.0 Å². The molecule has 4 rings (SSSR count). The maximum Gasteiger partial charge on any atom is 0.377 e. The van der Waals surface area contributed by atoms with Crippen molar-refractivity contribution in [3.8, 4) is 5.75 Å². The summed E-state index contributed by atoms with van der Waals surface area (Å²) in [5, 5.41) is 66.7. The Morgan fingerprint density at radius 2 is 1.37 bits per heavy atom. The number of benzene rings is 3. The van der Waals surface area contributed by atoms with Gasteiger partial charge in [-0.2, -0.15) is 0 Å². The lowest BCUT2D eigenvalue weighted by Gasteiger charge is -2.23. The topological polar surface area (TPSA) is 266 Å². The number of aliphatic hydroxyl groups is 6. The molecule has 0 saturated carbocycles. The summed E-state index contributed by atoms with van der Waals surface area (Å²) in [6, 6.07) is 16.9. The van der Waals surface area contributed by atoms with E-state index in [0.29, 0.717) is 29.0 Å². The van der Waals surface area contributed by atoms with Crippen molar-refractivity contribution in [3.63, 3.8) is 0 Å². The third-order valence-electron chi connectivity index (χ3n) is 6.34. The number of carbonyl (C=O) groups excluding carboxylic acids is 1. The zero-order valence-corrected chi connectivity index (χ0v) is 26.3. The molecule has 1 aliphatic rings. The van der Waals surface area contributed by atoms with Crippen molar-refractivity contribution in [2.45, 2.75) is 61.0 Å². The molecule has 3 aromatic rings. The minimum atomic E-state index is -3.48. The summed E-state index contributed by atoms with van der Waals surface area (Å²) in [5.41, 5.74) is 13.1. The number of anilines is 2. The molecule has 14 nitrogen and oxygen atoms in total. The van der Waals surface area contributed by atoms with Crippen LogP contribution in [0.2, 0.25) is 0 Å². The Kier molecular flexibility index (Phi) is 13.4. The highest BCUT2D eigenvalue weighted by atomic mass is 32.2. The molecule has 0 spiro atoms. The molecule has 1 heterocycles. The second kappa shape index (κ2) is 16.3. The molecular weight excluding hydrogens is 622 g/mol. The number of hydrogen-bond donors (Lipinski definition) is 10. The van der Waals surface area contributed by atoms with Gasteiger partial charge in [-0.1, -0.05) is 6.07 Å². The molecule has 3 aromatic carbocycles. The van der Waals surface area contributed by atoms with Gasteiger partial charge in [0.25, 0.3) is 0 Å². The van der Waals surface area contributed by atoms with E-state index in [-0.39, 0.29) is 27.7 Å². The van der Waals surface area contributed by atoms with E-state index >= 15 is 0 Å². The van der Waals surface area contributed by atoms with Crippen LogP contribution in [-0.2, 0) is 26.0 Å². The monoisotopic (exact) mass is 663 g/mol. The zero-order valence-electron chi connectivity index (χ0n) is 25.5. The van der Waals surface area contributed by atoms with Gasteiger partial charge in [-0.3, -0.25) is 0 Å². The number of phenols is 1. The molecule has 0 aliphatic carbocycles. The van der Waals surface area contributed by atoms with Gasteiger partial charge in [0.05, 0.1) is 29.1 Å². The SMILES string of the molecule is CC(C)(C)NCC(O)c1ccc(O)c(CO)c1.Nc1ccc(S(=O)(=O)c2ccc(N)cc2)cc1.O=C1O[C@H]([C@@H](O)CO)C(O)=C1O. The largest absolute Gasteiger partial charge is 0.508 e. The minimum absolute atomic E-state index is 0.0484. The number of sulfone groups is 1. The molecule has 3 atom stereocenters. The molecule has 0 bridgehead atoms. The van der Waals surface area contributed by atoms with E-state index in [1.807, 2.05) is 20.8 Å². The predicted octanol–water partition coefficient (Wildman–Crippen LogP) is 1.58. The maximum atomic E-state index is 12.2. The third kappa shape index (κ3) is 10.6. The average molecular weight is 664 g/mol. The van der Waals surface area contributed by atoms with Gasteiger partial charge in [0.15, 0.2) is 11.9 Å². The fourth-order valence-electron chi connectivity index (χ4n) is 3.71. The number of carbonyl (C=O) groups is 1. The number of ether oxygens (including phenoxy) is 1. The average Bonchev–Trinajstić information content (AvgIpc) is 3.27. The Labute approximate surface area is 266 Å². The predicted molar refractivity (Wildman–Crippen MR) is 169 cm³/mol. The normalized spacial score (nSPS) is 16.0. The lowest BCUT2D eigenvalue weighted by molar-refractivity contribution is -0.147. The molecule has 0 saturated heterocycles. The summed E-state index contributed by atoms with van der Waals surface area (Å²) < 4.78 is 28.7. The van der Waals surface area contributed by atoms with Crippen LogP contribution in [0.5, 0.6) is 5.75 Å². The Balaban J connectivity index is 0.000000244. The number of hydrogen-bond acceptors (Lipinski definition) is 14. The first-order valence-corrected chi connectivity index (χ1v) is 15.3. The van der Waals surface area contributed by atoms with E-state index in [0.717, 1.165) is 0 Å². The molecule has 0 fully saturated rings. The second-order valence-electron chi connectivity index (χ2n) is 11.1. The van der Waals surface area contributed by atoms with Crippen LogP contribution in [0.4, 0.5) is 11.4 Å². The highest BCUT2D eigenvalue weighted by Crippen LogP contribution is 2.24. The van der Waals surface area contributed by atoms with E-state index in [9.17, 15) is 23.4 Å². The van der Waals surface area contributed by atoms with Gasteiger partial charge in [0, 0.05) is 29.0 Å². The number of nitrogens with one attached hydrogen (secondary N) is 1. The highest BCUT2D eigenvalue weighted by molar-refractivity contribution is 7.91. The number of aromatic hydroxyl groups is 1. The first-order chi connectivity index (χ1) is 21.4. The third-order valence-corrected chi connectivity index (χ3v) is 8.13. The Hall–Kier alpha value is -4.38. The van der Waals surface area contributed by atoms with E-state index in [1.54, 1.807) is 36.4 Å². The number of cyclic esters (lactones) is 1. The minimum Gasteiger partial charge on any atom is -0.508 e. The maximum absolute atomic E-state index is 12.2. The Morgan fingerprint density at radius 1 is 0.870 bits per heavy atom. The zero-order chi connectivity index (χ0) is 34.8. The Bertz CT molecular complexity index is 1540. The van der Waals surface area contributed by atoms with Crippen molar-refractivity contribution >= 4 is 27.2 Å². The van der Waals surface area contributed by atoms with Gasteiger partial charge in [0.2, 0.25) is 15.6 Å². The molecular formula is C31H41N3O11S. The molecule has 15 heteroatoms. The van der Waals surface area contributed by atoms with Crippen LogP contribution in [-0.4, -0.2) is 81.0 Å². The van der Waals surface area contributed by atoms with Gasteiger partial charge >= 0.3 is 5.97 Å². The van der Waals surface area contributed by atoms with Gasteiger partial charge in [-0.25, -0.2) is 13.2 Å². The first-order valence-electron chi connectivity index (χ1n) is 13.8. The van der Waals surface area contributed by atoms with Crippen LogP contribution in [0.3, 0.4) is 0 Å². The van der Waals surface area contributed by atoms with Gasteiger partial charge in [-0.15, -0.1) is 0 Å². The fourth-order valence-corrected chi connectivity index (χ4v) is 4.97. The molecule has 1 unspecified atom stereocenters. The van der Waals surface area contributed by atoms with E-state index < -0.39 is 52.2 Å². The second-order valence-corrected chi connectivity index (χ2v) is 13.1. The number of esters is 1. The van der Waals surface area contributed by atoms with Gasteiger partial charge < -0.3 is 57.3 Å². The lowest BCUT2D eigenvalue weighted by atomic mass is 10.0. The summed E-state index contributed by atoms with van der Waals surface area (Å²) in [7, 11) is -3.48. The molecule has 0 radical (unpaired) electrons. The van der Waals surface area contributed by atoms with Gasteiger partial charge in [0.1, 0.15) is 11.9 Å². The smallest absolute Gasteiger partial charge is 0.377 e. The summed E-state index contributed by atoms with van der Waals surface area (Å²) >= 11 is 0. The summed E-state index contributed by atoms with van der Waals surface area (Å²) in [6.07, 6.45) is -3.43. The molecule has 0 aromatic heterocycles. The molecule has 0 amide bonds. The quantitative estimate of drug-likeness (QED) is 0.121. The lowest BCUT2D eigenvalue weighted by Crippen LogP contribution is -2.38. The van der Waals surface area contributed by atoms with Crippen molar-refractivity contribution in [2.24, 2.45) is 0 Å². The summed E-state index contributed by atoms with van der Waals surface area (Å²) in [5.74, 6) is -2.73. The van der Waals surface area contributed by atoms with E-state index in [2.05, 4.69) is 10.1 Å². The van der Waals surface area contributed by atoms with Crippen molar-refractivity contribution in [2.75, 3.05) is 24.6 Å². The number of nitrogen functional groups attached to an aromatic ring is 2. The number of aliphatic hydroxyl groups excluding tert-OH is 6. The number of nitrogens with two attached hydrogens (primary N) is 2. The number of rotatable bonds is 8. The first kappa shape index (κ1) is 37.8. The van der Waals surface area contributed by atoms with Crippen LogP contribution >= 0.6 is 0 Å². The van der Waals surface area contributed by atoms with Crippen LogP contribution in [0.25, 0.3) is 0 Å².